The summed E-state index contributed by atoms with van der Waals surface area (Å²) in [6.45, 7) is 3.55. The van der Waals surface area contributed by atoms with Crippen LogP contribution in [-0.2, 0) is 6.54 Å². The van der Waals surface area contributed by atoms with Gasteiger partial charge in [0.2, 0.25) is 0 Å². The van der Waals surface area contributed by atoms with Gasteiger partial charge < -0.3 is 14.2 Å². The minimum atomic E-state index is -0.313. The lowest BCUT2D eigenvalue weighted by molar-refractivity contribution is 0.209. The second kappa shape index (κ2) is 7.85. The molecule has 2 aromatic carbocycles. The van der Waals surface area contributed by atoms with Gasteiger partial charge in [0.15, 0.2) is 0 Å². The molecule has 1 N–H and O–H groups in total. The summed E-state index contributed by atoms with van der Waals surface area (Å²) in [4.78, 5) is 14.6. The Morgan fingerprint density at radius 2 is 1.90 bits per heavy atom. The van der Waals surface area contributed by atoms with Gasteiger partial charge in [-0.25, -0.2) is 4.79 Å². The van der Waals surface area contributed by atoms with Crippen LogP contribution >= 0.6 is 0 Å². The molecule has 4 aromatic rings. The molecule has 1 aliphatic heterocycles. The van der Waals surface area contributed by atoms with E-state index in [-0.39, 0.29) is 11.7 Å². The van der Waals surface area contributed by atoms with Crippen molar-refractivity contribution in [2.45, 2.75) is 25.4 Å². The van der Waals surface area contributed by atoms with Crippen LogP contribution in [0, 0.1) is 0 Å². The normalized spacial score (nSPS) is 16.0. The van der Waals surface area contributed by atoms with Gasteiger partial charge in [0.25, 0.3) is 0 Å². The lowest BCUT2D eigenvalue weighted by atomic mass is 10.0. The largest absolute Gasteiger partial charge is 0.468 e. The van der Waals surface area contributed by atoms with Gasteiger partial charge in [0.05, 0.1) is 12.3 Å². The summed E-state index contributed by atoms with van der Waals surface area (Å²) in [6, 6.07) is 17.9. The third kappa shape index (κ3) is 3.59. The minimum absolute atomic E-state index is 0.204. The van der Waals surface area contributed by atoms with Gasteiger partial charge in [-0.3, -0.25) is 4.90 Å². The van der Waals surface area contributed by atoms with Gasteiger partial charge in [-0.05, 0) is 60.5 Å². The highest BCUT2D eigenvalue weighted by Gasteiger charge is 2.25. The van der Waals surface area contributed by atoms with E-state index in [1.54, 1.807) is 12.3 Å². The van der Waals surface area contributed by atoms with Crippen LogP contribution < -0.4 is 10.9 Å². The smallest absolute Gasteiger partial charge is 0.336 e. The van der Waals surface area contributed by atoms with Crippen LogP contribution in [0.15, 0.2) is 74.5 Å². The third-order valence-electron chi connectivity index (χ3n) is 5.82. The van der Waals surface area contributed by atoms with Crippen LogP contribution in [-0.4, -0.2) is 24.5 Å². The maximum atomic E-state index is 12.1. The van der Waals surface area contributed by atoms with E-state index in [0.717, 1.165) is 47.1 Å². The van der Waals surface area contributed by atoms with Crippen molar-refractivity contribution in [3.63, 3.8) is 0 Å². The molecule has 1 saturated heterocycles. The highest BCUT2D eigenvalue weighted by Crippen LogP contribution is 2.28. The molecule has 0 saturated carbocycles. The van der Waals surface area contributed by atoms with Crippen LogP contribution in [0.25, 0.3) is 21.7 Å². The molecule has 148 valence electrons. The maximum Gasteiger partial charge on any atom is 0.336 e. The highest BCUT2D eigenvalue weighted by atomic mass is 16.4. The monoisotopic (exact) mass is 388 g/mol. The number of furan rings is 1. The van der Waals surface area contributed by atoms with E-state index in [2.05, 4.69) is 22.3 Å². The van der Waals surface area contributed by atoms with E-state index in [4.69, 9.17) is 8.83 Å². The zero-order chi connectivity index (χ0) is 19.6. The van der Waals surface area contributed by atoms with Crippen LogP contribution in [0.4, 0.5) is 0 Å². The summed E-state index contributed by atoms with van der Waals surface area (Å²) in [7, 11) is 0. The van der Waals surface area contributed by atoms with Gasteiger partial charge in [-0.2, -0.15) is 0 Å². The second-order valence-electron chi connectivity index (χ2n) is 7.66. The first-order valence-corrected chi connectivity index (χ1v) is 10.2. The maximum absolute atomic E-state index is 12.1. The fourth-order valence-corrected chi connectivity index (χ4v) is 4.45. The Hall–Kier alpha value is -2.89. The summed E-state index contributed by atoms with van der Waals surface area (Å²) in [5, 5.41) is 6.82. The van der Waals surface area contributed by atoms with E-state index in [1.165, 1.54) is 12.8 Å². The zero-order valence-corrected chi connectivity index (χ0v) is 16.3. The minimum Gasteiger partial charge on any atom is -0.468 e. The number of hydrogen-bond acceptors (Lipinski definition) is 5. The Kier molecular flexibility index (Phi) is 4.92. The van der Waals surface area contributed by atoms with Crippen LogP contribution in [0.3, 0.4) is 0 Å². The molecule has 0 unspecified atom stereocenters. The summed E-state index contributed by atoms with van der Waals surface area (Å²) in [5.74, 6) is 0.988. The van der Waals surface area contributed by atoms with Crippen LogP contribution in [0.5, 0.6) is 0 Å². The molecule has 0 aliphatic carbocycles. The quantitative estimate of drug-likeness (QED) is 0.390. The molecular formula is C24H24N2O3. The van der Waals surface area contributed by atoms with Crippen LogP contribution in [0.1, 0.15) is 30.2 Å². The molecule has 5 heteroatoms. The SMILES string of the molecule is O=c1cc(CNC[C@H](c2ccco2)N2CCCC2)c2c(ccc3ccccc32)o1. The number of benzene rings is 2. The Labute approximate surface area is 168 Å². The van der Waals surface area contributed by atoms with Crippen molar-refractivity contribution in [2.75, 3.05) is 19.6 Å². The molecule has 2 aromatic heterocycles. The highest BCUT2D eigenvalue weighted by molar-refractivity contribution is 6.07. The van der Waals surface area contributed by atoms with Crippen molar-refractivity contribution in [1.82, 2.24) is 10.2 Å². The van der Waals surface area contributed by atoms with Gasteiger partial charge in [0.1, 0.15) is 11.3 Å². The molecule has 3 heterocycles. The summed E-state index contributed by atoms with van der Waals surface area (Å²) in [6.07, 6.45) is 4.20. The molecular weight excluding hydrogens is 364 g/mol. The number of nitrogens with one attached hydrogen (secondary N) is 1. The van der Waals surface area contributed by atoms with E-state index in [1.807, 2.05) is 36.4 Å². The molecule has 0 radical (unpaired) electrons. The molecule has 0 spiro atoms. The van der Waals surface area contributed by atoms with Crippen LogP contribution in [0.2, 0.25) is 0 Å². The fourth-order valence-electron chi connectivity index (χ4n) is 4.45. The van der Waals surface area contributed by atoms with E-state index in [0.29, 0.717) is 12.1 Å². The third-order valence-corrected chi connectivity index (χ3v) is 5.82. The lowest BCUT2D eigenvalue weighted by Crippen LogP contribution is -2.33. The summed E-state index contributed by atoms with van der Waals surface area (Å²) >= 11 is 0. The van der Waals surface area contributed by atoms with Crippen molar-refractivity contribution in [3.8, 4) is 0 Å². The van der Waals surface area contributed by atoms with Gasteiger partial charge >= 0.3 is 5.63 Å². The Bertz CT molecular complexity index is 1170. The lowest BCUT2D eigenvalue weighted by Gasteiger charge is -2.26. The average molecular weight is 388 g/mol. The Morgan fingerprint density at radius 3 is 2.72 bits per heavy atom. The number of fused-ring (bicyclic) bond motifs is 3. The molecule has 0 amide bonds. The molecule has 29 heavy (non-hydrogen) atoms. The number of nitrogens with zero attached hydrogens (tertiary/aromatic N) is 1. The van der Waals surface area contributed by atoms with Crippen molar-refractivity contribution in [3.05, 3.63) is 82.6 Å². The first-order valence-electron chi connectivity index (χ1n) is 10.2. The average Bonchev–Trinajstić information content (AvgIpc) is 3.45. The van der Waals surface area contributed by atoms with Crippen molar-refractivity contribution in [2.24, 2.45) is 0 Å². The summed E-state index contributed by atoms with van der Waals surface area (Å²) in [5.41, 5.74) is 1.29. The van der Waals surface area contributed by atoms with Crippen molar-refractivity contribution < 1.29 is 8.83 Å². The predicted octanol–water partition coefficient (Wildman–Crippen LogP) is 4.47. The Morgan fingerprint density at radius 1 is 1.03 bits per heavy atom. The molecule has 1 atom stereocenters. The molecule has 5 rings (SSSR count). The van der Waals surface area contributed by atoms with Crippen molar-refractivity contribution >= 4 is 21.7 Å². The topological polar surface area (TPSA) is 58.6 Å². The van der Waals surface area contributed by atoms with Crippen molar-refractivity contribution in [1.29, 1.82) is 0 Å². The van der Waals surface area contributed by atoms with E-state index >= 15 is 0 Å². The molecule has 0 bridgehead atoms. The van der Waals surface area contributed by atoms with Gasteiger partial charge in [0, 0.05) is 24.5 Å². The van der Waals surface area contributed by atoms with E-state index < -0.39 is 0 Å². The molecule has 5 nitrogen and oxygen atoms in total. The second-order valence-corrected chi connectivity index (χ2v) is 7.66. The fraction of sp³-hybridized carbons (Fsp3) is 0.292. The standard InChI is InChI=1S/C24H24N2O3/c27-23-14-18(24-19-7-2-1-6-17(19)9-10-22(24)29-23)15-25-16-20(21-8-5-13-28-21)26-11-3-4-12-26/h1-2,5-10,13-14,20,25H,3-4,11-12,15-16H2/t20-/m1/s1. The molecule has 1 aliphatic rings. The van der Waals surface area contributed by atoms with E-state index in [9.17, 15) is 4.79 Å². The van der Waals surface area contributed by atoms with Gasteiger partial charge in [-0.1, -0.05) is 30.3 Å². The zero-order valence-electron chi connectivity index (χ0n) is 16.3. The summed E-state index contributed by atoms with van der Waals surface area (Å²) < 4.78 is 11.2. The predicted molar refractivity (Wildman–Crippen MR) is 114 cm³/mol. The molecule has 1 fully saturated rings. The number of rotatable bonds is 6. The van der Waals surface area contributed by atoms with Gasteiger partial charge in [-0.15, -0.1) is 0 Å². The first-order chi connectivity index (χ1) is 14.3. The first kappa shape index (κ1) is 18.2. The number of hydrogen-bond donors (Lipinski definition) is 1. The number of likely N-dealkylation sites (tertiary alicyclic amines) is 1. The Balaban J connectivity index is 1.44.